The highest BCUT2D eigenvalue weighted by Crippen LogP contribution is 2.22. The third kappa shape index (κ3) is 3.04. The lowest BCUT2D eigenvalue weighted by Gasteiger charge is -2.08. The number of carbonyl (C=O) groups is 2. The molecule has 1 aromatic rings. The van der Waals surface area contributed by atoms with E-state index in [4.69, 9.17) is 11.0 Å². The summed E-state index contributed by atoms with van der Waals surface area (Å²) in [4.78, 5) is 26.7. The molecule has 0 aliphatic carbocycles. The number of rotatable bonds is 4. The SMILES string of the molecule is CC(=O)c1cc(C(N)=O)c(SCC#N)nc1C. The number of nitrogens with zero attached hydrogens (tertiary/aromatic N) is 2. The maximum atomic E-state index is 11.3. The number of pyridine rings is 1. The van der Waals surface area contributed by atoms with E-state index in [1.165, 1.54) is 13.0 Å². The van der Waals surface area contributed by atoms with Crippen LogP contribution in [0.1, 0.15) is 33.3 Å². The van der Waals surface area contributed by atoms with Crippen LogP contribution in [0.2, 0.25) is 0 Å². The molecular weight excluding hydrogens is 238 g/mol. The maximum absolute atomic E-state index is 11.3. The number of Topliss-reactive ketones (excluding diaryl/α,β-unsaturated/α-hetero) is 1. The fourth-order valence-corrected chi connectivity index (χ4v) is 2.04. The zero-order chi connectivity index (χ0) is 13.0. The summed E-state index contributed by atoms with van der Waals surface area (Å²) in [5, 5.41) is 8.89. The van der Waals surface area contributed by atoms with Crippen LogP contribution in [0.4, 0.5) is 0 Å². The number of primary amides is 1. The summed E-state index contributed by atoms with van der Waals surface area (Å²) < 4.78 is 0. The highest BCUT2D eigenvalue weighted by Gasteiger charge is 2.15. The number of hydrogen-bond donors (Lipinski definition) is 1. The predicted molar refractivity (Wildman–Crippen MR) is 63.8 cm³/mol. The molecule has 0 spiro atoms. The molecule has 0 atom stereocenters. The van der Waals surface area contributed by atoms with E-state index < -0.39 is 5.91 Å². The Balaban J connectivity index is 3.31. The van der Waals surface area contributed by atoms with Gasteiger partial charge in [-0.1, -0.05) is 11.8 Å². The van der Waals surface area contributed by atoms with E-state index in [1.807, 2.05) is 6.07 Å². The quantitative estimate of drug-likeness (QED) is 0.641. The van der Waals surface area contributed by atoms with Crippen molar-refractivity contribution in [3.05, 3.63) is 22.9 Å². The highest BCUT2D eigenvalue weighted by molar-refractivity contribution is 7.99. The molecule has 6 heteroatoms. The lowest BCUT2D eigenvalue weighted by atomic mass is 10.1. The van der Waals surface area contributed by atoms with E-state index in [-0.39, 0.29) is 17.1 Å². The van der Waals surface area contributed by atoms with Crippen molar-refractivity contribution in [1.82, 2.24) is 4.98 Å². The molecule has 0 unspecified atom stereocenters. The molecule has 1 aromatic heterocycles. The lowest BCUT2D eigenvalue weighted by molar-refractivity contribution is 0.0997. The Morgan fingerprint density at radius 1 is 1.53 bits per heavy atom. The molecule has 1 heterocycles. The van der Waals surface area contributed by atoms with Gasteiger partial charge in [0.2, 0.25) is 0 Å². The second-order valence-corrected chi connectivity index (χ2v) is 4.31. The van der Waals surface area contributed by atoms with Crippen molar-refractivity contribution in [3.63, 3.8) is 0 Å². The Hall–Kier alpha value is -1.87. The predicted octanol–water partition coefficient (Wildman–Crippen LogP) is 1.31. The molecule has 1 rings (SSSR count). The molecule has 0 aromatic carbocycles. The zero-order valence-electron chi connectivity index (χ0n) is 9.48. The van der Waals surface area contributed by atoms with Crippen LogP contribution >= 0.6 is 11.8 Å². The number of aromatic nitrogens is 1. The van der Waals surface area contributed by atoms with Crippen molar-refractivity contribution < 1.29 is 9.59 Å². The van der Waals surface area contributed by atoms with Gasteiger partial charge in [0.25, 0.3) is 5.91 Å². The van der Waals surface area contributed by atoms with Gasteiger partial charge in [-0.05, 0) is 19.9 Å². The number of nitriles is 1. The van der Waals surface area contributed by atoms with Gasteiger partial charge in [-0.3, -0.25) is 9.59 Å². The largest absolute Gasteiger partial charge is 0.366 e. The Morgan fingerprint density at radius 2 is 2.18 bits per heavy atom. The fraction of sp³-hybridized carbons (Fsp3) is 0.273. The molecule has 0 radical (unpaired) electrons. The first-order chi connectivity index (χ1) is 7.97. The normalized spacial score (nSPS) is 9.71. The smallest absolute Gasteiger partial charge is 0.251 e. The second-order valence-electron chi connectivity index (χ2n) is 3.34. The van der Waals surface area contributed by atoms with Gasteiger partial charge < -0.3 is 5.73 Å². The Labute approximate surface area is 103 Å². The monoisotopic (exact) mass is 249 g/mol. The number of amides is 1. The van der Waals surface area contributed by atoms with Gasteiger partial charge in [0.1, 0.15) is 5.03 Å². The lowest BCUT2D eigenvalue weighted by Crippen LogP contribution is -2.15. The Morgan fingerprint density at radius 3 is 2.65 bits per heavy atom. The molecule has 0 aliphatic rings. The number of nitrogens with two attached hydrogens (primary N) is 1. The molecule has 17 heavy (non-hydrogen) atoms. The van der Waals surface area contributed by atoms with Crippen LogP contribution in [0.15, 0.2) is 11.1 Å². The van der Waals surface area contributed by atoms with Crippen molar-refractivity contribution in [3.8, 4) is 6.07 Å². The Kier molecular flexibility index (Phi) is 4.24. The molecule has 0 saturated carbocycles. The summed E-state index contributed by atoms with van der Waals surface area (Å²) in [5.41, 5.74) is 6.31. The van der Waals surface area contributed by atoms with E-state index >= 15 is 0 Å². The number of thioether (sulfide) groups is 1. The third-order valence-corrected chi connectivity index (χ3v) is 2.95. The minimum absolute atomic E-state index is 0.172. The van der Waals surface area contributed by atoms with E-state index in [9.17, 15) is 9.59 Å². The van der Waals surface area contributed by atoms with Gasteiger partial charge in [-0.15, -0.1) is 0 Å². The van der Waals surface area contributed by atoms with Crippen LogP contribution in [0.3, 0.4) is 0 Å². The van der Waals surface area contributed by atoms with Gasteiger partial charge >= 0.3 is 0 Å². The average molecular weight is 249 g/mol. The molecule has 88 valence electrons. The molecule has 0 aliphatic heterocycles. The van der Waals surface area contributed by atoms with Crippen LogP contribution in [0.25, 0.3) is 0 Å². The molecule has 0 fully saturated rings. The van der Waals surface area contributed by atoms with Crippen LogP contribution in [-0.4, -0.2) is 22.4 Å². The van der Waals surface area contributed by atoms with E-state index in [0.717, 1.165) is 11.8 Å². The van der Waals surface area contributed by atoms with Crippen LogP contribution in [0, 0.1) is 18.3 Å². The van der Waals surface area contributed by atoms with Crippen LogP contribution in [-0.2, 0) is 0 Å². The standard InChI is InChI=1S/C11H11N3O2S/c1-6-8(7(2)15)5-9(10(13)16)11(14-6)17-4-3-12/h5H,4H2,1-2H3,(H2,13,16). The van der Waals surface area contributed by atoms with Crippen LogP contribution in [0.5, 0.6) is 0 Å². The first kappa shape index (κ1) is 13.2. The highest BCUT2D eigenvalue weighted by atomic mass is 32.2. The van der Waals surface area contributed by atoms with Gasteiger partial charge in [-0.2, -0.15) is 5.26 Å². The number of aryl methyl sites for hydroxylation is 1. The average Bonchev–Trinajstić information content (AvgIpc) is 2.25. The van der Waals surface area contributed by atoms with Gasteiger partial charge in [0.05, 0.1) is 17.4 Å². The van der Waals surface area contributed by atoms with Gasteiger partial charge in [-0.25, -0.2) is 4.98 Å². The first-order valence-corrected chi connectivity index (χ1v) is 5.78. The summed E-state index contributed by atoms with van der Waals surface area (Å²) >= 11 is 1.13. The minimum atomic E-state index is -0.652. The zero-order valence-corrected chi connectivity index (χ0v) is 10.3. The van der Waals surface area contributed by atoms with Crippen LogP contribution < -0.4 is 5.73 Å². The molecule has 0 saturated heterocycles. The molecular formula is C11H11N3O2S. The minimum Gasteiger partial charge on any atom is -0.366 e. The van der Waals surface area contributed by atoms with Crippen molar-refractivity contribution in [1.29, 1.82) is 5.26 Å². The van der Waals surface area contributed by atoms with Crippen molar-refractivity contribution in [2.45, 2.75) is 18.9 Å². The molecule has 1 amide bonds. The Bertz CT molecular complexity index is 520. The van der Waals surface area contributed by atoms with Crippen molar-refractivity contribution >= 4 is 23.5 Å². The summed E-state index contributed by atoms with van der Waals surface area (Å²) in [6, 6.07) is 3.38. The van der Waals surface area contributed by atoms with E-state index in [2.05, 4.69) is 4.98 Å². The summed E-state index contributed by atoms with van der Waals surface area (Å²) in [7, 11) is 0. The molecule has 2 N–H and O–H groups in total. The number of hydrogen-bond acceptors (Lipinski definition) is 5. The summed E-state index contributed by atoms with van der Waals surface area (Å²) in [5.74, 6) is -0.652. The number of carbonyl (C=O) groups excluding carboxylic acids is 2. The summed E-state index contributed by atoms with van der Waals surface area (Å²) in [6.45, 7) is 3.08. The maximum Gasteiger partial charge on any atom is 0.251 e. The van der Waals surface area contributed by atoms with Gasteiger partial charge in [0, 0.05) is 11.3 Å². The van der Waals surface area contributed by atoms with Crippen molar-refractivity contribution in [2.75, 3.05) is 5.75 Å². The molecule has 0 bridgehead atoms. The topological polar surface area (TPSA) is 96.8 Å². The van der Waals surface area contributed by atoms with E-state index in [1.54, 1.807) is 6.92 Å². The van der Waals surface area contributed by atoms with Crippen molar-refractivity contribution in [2.24, 2.45) is 5.73 Å². The van der Waals surface area contributed by atoms with Gasteiger partial charge in [0.15, 0.2) is 5.78 Å². The fourth-order valence-electron chi connectivity index (χ4n) is 1.33. The molecule has 5 nitrogen and oxygen atoms in total. The second kappa shape index (κ2) is 5.46. The third-order valence-electron chi connectivity index (χ3n) is 2.10. The number of ketones is 1. The first-order valence-electron chi connectivity index (χ1n) is 4.79. The summed E-state index contributed by atoms with van der Waals surface area (Å²) in [6.07, 6.45) is 0. The van der Waals surface area contributed by atoms with E-state index in [0.29, 0.717) is 16.3 Å².